The molecule has 0 bridgehead atoms. The third kappa shape index (κ3) is 5.62. The summed E-state index contributed by atoms with van der Waals surface area (Å²) in [4.78, 5) is 5.50. The molecule has 0 fully saturated rings. The minimum absolute atomic E-state index is 0.121. The lowest BCUT2D eigenvalue weighted by atomic mass is 10.2. The molecule has 0 amide bonds. The Morgan fingerprint density at radius 1 is 1.14 bits per heavy atom. The number of ether oxygens (including phenoxy) is 1. The van der Waals surface area contributed by atoms with Crippen LogP contribution in [0.15, 0.2) is 53.5 Å². The van der Waals surface area contributed by atoms with Gasteiger partial charge in [-0.25, -0.2) is 4.99 Å². The molecule has 154 valence electrons. The van der Waals surface area contributed by atoms with Crippen molar-refractivity contribution >= 4 is 27.4 Å². The molecule has 0 radical (unpaired) electrons. The predicted octanol–water partition coefficient (Wildman–Crippen LogP) is 3.79. The van der Waals surface area contributed by atoms with Gasteiger partial charge in [-0.3, -0.25) is 0 Å². The van der Waals surface area contributed by atoms with E-state index in [9.17, 15) is 10.2 Å². The van der Waals surface area contributed by atoms with Crippen LogP contribution in [-0.4, -0.2) is 35.9 Å². The van der Waals surface area contributed by atoms with E-state index in [2.05, 4.69) is 27.8 Å². The zero-order valence-corrected chi connectivity index (χ0v) is 17.5. The molecule has 3 rings (SSSR count). The summed E-state index contributed by atoms with van der Waals surface area (Å²) in [6.45, 7) is 5.85. The Labute approximate surface area is 174 Å². The molecule has 1 atom stereocenters. The largest absolute Gasteiger partial charge is 0.504 e. The SMILES string of the molecule is CCNC(=NCc1ccc(O)c(OCC)c1)NCC(O)c1cc2ccccc2s1. The first-order valence-electron chi connectivity index (χ1n) is 9.74. The van der Waals surface area contributed by atoms with E-state index in [1.54, 1.807) is 23.5 Å². The van der Waals surface area contributed by atoms with Crippen LogP contribution < -0.4 is 15.4 Å². The molecule has 0 saturated carbocycles. The number of aromatic hydroxyl groups is 1. The molecule has 4 N–H and O–H groups in total. The number of benzene rings is 2. The predicted molar refractivity (Wildman–Crippen MR) is 119 cm³/mol. The zero-order chi connectivity index (χ0) is 20.6. The van der Waals surface area contributed by atoms with Gasteiger partial charge in [-0.2, -0.15) is 0 Å². The van der Waals surface area contributed by atoms with Crippen LogP contribution in [0.4, 0.5) is 0 Å². The number of aliphatic hydroxyl groups is 1. The number of phenols is 1. The van der Waals surface area contributed by atoms with Gasteiger partial charge in [-0.15, -0.1) is 11.3 Å². The summed E-state index contributed by atoms with van der Waals surface area (Å²) in [5.74, 6) is 1.20. The number of fused-ring (bicyclic) bond motifs is 1. The molecule has 0 spiro atoms. The van der Waals surface area contributed by atoms with Crippen LogP contribution >= 0.6 is 11.3 Å². The van der Waals surface area contributed by atoms with Crippen LogP contribution in [0, 0.1) is 0 Å². The van der Waals surface area contributed by atoms with Gasteiger partial charge in [0.2, 0.25) is 0 Å². The fraction of sp³-hybridized carbons (Fsp3) is 0.318. The van der Waals surface area contributed by atoms with E-state index < -0.39 is 6.10 Å². The maximum absolute atomic E-state index is 10.6. The second kappa shape index (κ2) is 10.1. The van der Waals surface area contributed by atoms with Crippen molar-refractivity contribution in [3.05, 3.63) is 59.0 Å². The maximum Gasteiger partial charge on any atom is 0.191 e. The highest BCUT2D eigenvalue weighted by Crippen LogP contribution is 2.29. The number of nitrogens with one attached hydrogen (secondary N) is 2. The molecule has 1 unspecified atom stereocenters. The van der Waals surface area contributed by atoms with Gasteiger partial charge in [-0.1, -0.05) is 24.3 Å². The quantitative estimate of drug-likeness (QED) is 0.333. The molecular weight excluding hydrogens is 386 g/mol. The topological polar surface area (TPSA) is 86.1 Å². The first kappa shape index (κ1) is 21.0. The smallest absolute Gasteiger partial charge is 0.191 e. The Kier molecular flexibility index (Phi) is 7.32. The second-order valence-electron chi connectivity index (χ2n) is 6.51. The number of rotatable bonds is 8. The van der Waals surface area contributed by atoms with Crippen molar-refractivity contribution in [3.8, 4) is 11.5 Å². The van der Waals surface area contributed by atoms with Crippen molar-refractivity contribution in [2.24, 2.45) is 4.99 Å². The number of phenolic OH excluding ortho intramolecular Hbond substituents is 1. The van der Waals surface area contributed by atoms with Crippen LogP contribution in [-0.2, 0) is 6.54 Å². The molecule has 0 aliphatic carbocycles. The van der Waals surface area contributed by atoms with E-state index >= 15 is 0 Å². The summed E-state index contributed by atoms with van der Waals surface area (Å²) >= 11 is 1.60. The van der Waals surface area contributed by atoms with E-state index in [1.165, 1.54) is 4.70 Å². The van der Waals surface area contributed by atoms with Crippen LogP contribution in [0.25, 0.3) is 10.1 Å². The van der Waals surface area contributed by atoms with Crippen LogP contribution in [0.5, 0.6) is 11.5 Å². The average molecular weight is 414 g/mol. The van der Waals surface area contributed by atoms with Crippen molar-refractivity contribution in [1.82, 2.24) is 10.6 Å². The van der Waals surface area contributed by atoms with E-state index in [4.69, 9.17) is 4.74 Å². The van der Waals surface area contributed by atoms with Gasteiger partial charge in [0.15, 0.2) is 17.5 Å². The summed E-state index contributed by atoms with van der Waals surface area (Å²) in [6, 6.07) is 15.4. The number of hydrogen-bond acceptors (Lipinski definition) is 5. The highest BCUT2D eigenvalue weighted by molar-refractivity contribution is 7.19. The van der Waals surface area contributed by atoms with Crippen molar-refractivity contribution in [3.63, 3.8) is 0 Å². The molecule has 0 aliphatic heterocycles. The second-order valence-corrected chi connectivity index (χ2v) is 7.63. The molecule has 3 aromatic rings. The maximum atomic E-state index is 10.6. The van der Waals surface area contributed by atoms with Gasteiger partial charge in [0, 0.05) is 22.7 Å². The van der Waals surface area contributed by atoms with Gasteiger partial charge < -0.3 is 25.6 Å². The van der Waals surface area contributed by atoms with Crippen LogP contribution in [0.2, 0.25) is 0 Å². The Hall–Kier alpha value is -2.77. The monoisotopic (exact) mass is 413 g/mol. The number of hydrogen-bond donors (Lipinski definition) is 4. The Morgan fingerprint density at radius 3 is 2.72 bits per heavy atom. The van der Waals surface area contributed by atoms with Gasteiger partial charge in [-0.05, 0) is 49.1 Å². The molecule has 0 saturated heterocycles. The van der Waals surface area contributed by atoms with Gasteiger partial charge >= 0.3 is 0 Å². The summed E-state index contributed by atoms with van der Waals surface area (Å²) < 4.78 is 6.59. The zero-order valence-electron chi connectivity index (χ0n) is 16.7. The minimum atomic E-state index is -0.616. The number of nitrogens with zero attached hydrogens (tertiary/aromatic N) is 1. The first-order chi connectivity index (χ1) is 14.1. The number of aliphatic imine (C=N–C) groups is 1. The first-order valence-corrected chi connectivity index (χ1v) is 10.6. The standard InChI is InChI=1S/C22H27N3O3S/c1-3-23-22(24-13-15-9-10-17(26)19(11-15)28-4-2)25-14-18(27)21-12-16-7-5-6-8-20(16)29-21/h5-12,18,26-27H,3-4,13-14H2,1-2H3,(H2,23,24,25). The summed E-state index contributed by atoms with van der Waals surface area (Å²) in [5, 5.41) is 27.9. The van der Waals surface area contributed by atoms with Crippen molar-refractivity contribution in [2.75, 3.05) is 19.7 Å². The van der Waals surface area contributed by atoms with Gasteiger partial charge in [0.1, 0.15) is 6.10 Å². The van der Waals surface area contributed by atoms with Gasteiger partial charge in [0.05, 0.1) is 13.2 Å². The molecule has 1 heterocycles. The Morgan fingerprint density at radius 2 is 1.97 bits per heavy atom. The number of aliphatic hydroxyl groups excluding tert-OH is 1. The third-order valence-corrected chi connectivity index (χ3v) is 5.54. The minimum Gasteiger partial charge on any atom is -0.504 e. The van der Waals surface area contributed by atoms with Crippen molar-refractivity contribution < 1.29 is 14.9 Å². The van der Waals surface area contributed by atoms with Crippen molar-refractivity contribution in [1.29, 1.82) is 0 Å². The lowest BCUT2D eigenvalue weighted by molar-refractivity contribution is 0.184. The normalized spacial score (nSPS) is 12.7. The molecule has 7 heteroatoms. The third-order valence-electron chi connectivity index (χ3n) is 4.32. The van der Waals surface area contributed by atoms with Crippen LogP contribution in [0.1, 0.15) is 30.4 Å². The lowest BCUT2D eigenvalue weighted by Gasteiger charge is -2.14. The summed E-state index contributed by atoms with van der Waals surface area (Å²) in [6.07, 6.45) is -0.616. The van der Waals surface area contributed by atoms with Gasteiger partial charge in [0.25, 0.3) is 0 Å². The average Bonchev–Trinajstić information content (AvgIpc) is 3.16. The molecule has 6 nitrogen and oxygen atoms in total. The lowest BCUT2D eigenvalue weighted by Crippen LogP contribution is -2.39. The molecule has 1 aromatic heterocycles. The summed E-state index contributed by atoms with van der Waals surface area (Å²) in [5.41, 5.74) is 0.925. The molecule has 2 aromatic carbocycles. The fourth-order valence-corrected chi connectivity index (χ4v) is 3.95. The molecule has 0 aliphatic rings. The van der Waals surface area contributed by atoms with E-state index in [-0.39, 0.29) is 5.75 Å². The van der Waals surface area contributed by atoms with E-state index in [0.29, 0.717) is 38.0 Å². The highest BCUT2D eigenvalue weighted by Gasteiger charge is 2.12. The summed E-state index contributed by atoms with van der Waals surface area (Å²) in [7, 11) is 0. The molecular formula is C22H27N3O3S. The molecule has 29 heavy (non-hydrogen) atoms. The Balaban J connectivity index is 1.63. The van der Waals surface area contributed by atoms with Crippen molar-refractivity contribution in [2.45, 2.75) is 26.5 Å². The van der Waals surface area contributed by atoms with E-state index in [1.807, 2.05) is 38.1 Å². The van der Waals surface area contributed by atoms with Crippen LogP contribution in [0.3, 0.4) is 0 Å². The van der Waals surface area contributed by atoms with E-state index in [0.717, 1.165) is 15.8 Å². The number of thiophene rings is 1. The highest BCUT2D eigenvalue weighted by atomic mass is 32.1. The fourth-order valence-electron chi connectivity index (χ4n) is 2.90. The number of guanidine groups is 1. The Bertz CT molecular complexity index is 938.